The fourth-order valence-corrected chi connectivity index (χ4v) is 4.08. The molecule has 0 amide bonds. The minimum atomic E-state index is 0.332. The Morgan fingerprint density at radius 1 is 1.14 bits per heavy atom. The predicted octanol–water partition coefficient (Wildman–Crippen LogP) is 4.93. The lowest BCUT2D eigenvalue weighted by Gasteiger charge is -2.34. The molecular formula is C18H29NOS. The van der Waals surface area contributed by atoms with Crippen molar-refractivity contribution in [2.75, 3.05) is 13.1 Å². The van der Waals surface area contributed by atoms with Crippen LogP contribution < -0.4 is 0 Å². The average Bonchev–Trinajstić information content (AvgIpc) is 2.43. The molecule has 1 aliphatic rings. The van der Waals surface area contributed by atoms with E-state index in [4.69, 9.17) is 4.74 Å². The molecule has 0 N–H and O–H groups in total. The number of benzene rings is 1. The van der Waals surface area contributed by atoms with E-state index >= 15 is 0 Å². The zero-order chi connectivity index (χ0) is 15.1. The van der Waals surface area contributed by atoms with Crippen LogP contribution in [0.1, 0.15) is 52.0 Å². The second-order valence-electron chi connectivity index (χ2n) is 6.15. The molecule has 2 atom stereocenters. The van der Waals surface area contributed by atoms with Gasteiger partial charge in [-0.1, -0.05) is 38.3 Å². The zero-order valence-electron chi connectivity index (χ0n) is 13.7. The van der Waals surface area contributed by atoms with Gasteiger partial charge in [-0.15, -0.1) is 0 Å². The molecule has 1 aromatic rings. The molecule has 21 heavy (non-hydrogen) atoms. The molecule has 0 aromatic heterocycles. The summed E-state index contributed by atoms with van der Waals surface area (Å²) in [5.41, 5.74) is 1.48. The fraction of sp³-hybridized carbons (Fsp3) is 0.667. The summed E-state index contributed by atoms with van der Waals surface area (Å²) < 4.78 is 8.24. The van der Waals surface area contributed by atoms with Gasteiger partial charge < -0.3 is 4.74 Å². The second-order valence-corrected chi connectivity index (χ2v) is 7.32. The standard InChI is InChI=1S/C18H29NOS/c1-4-5-6-7-9-17-10-8-11-18(12-17)21-19-13-15(2)20-16(3)14-19/h8,10-12,15-16H,4-7,9,13-14H2,1-3H3/t15-,16+. The molecule has 1 aromatic carbocycles. The third-order valence-electron chi connectivity index (χ3n) is 3.84. The normalized spacial score (nSPS) is 23.4. The SMILES string of the molecule is CCCCCCc1cccc(SN2C[C@@H](C)O[C@@H](C)C2)c1. The highest BCUT2D eigenvalue weighted by molar-refractivity contribution is 7.97. The van der Waals surface area contributed by atoms with E-state index in [-0.39, 0.29) is 0 Å². The first-order valence-electron chi connectivity index (χ1n) is 8.34. The average molecular weight is 308 g/mol. The smallest absolute Gasteiger partial charge is 0.0687 e. The van der Waals surface area contributed by atoms with Gasteiger partial charge in [-0.3, -0.25) is 0 Å². The minimum absolute atomic E-state index is 0.332. The number of rotatable bonds is 7. The first kappa shape index (κ1) is 16.9. The van der Waals surface area contributed by atoms with Gasteiger partial charge in [0.25, 0.3) is 0 Å². The predicted molar refractivity (Wildman–Crippen MR) is 91.7 cm³/mol. The van der Waals surface area contributed by atoms with Gasteiger partial charge in [0.2, 0.25) is 0 Å². The van der Waals surface area contributed by atoms with Crippen molar-refractivity contribution in [3.8, 4) is 0 Å². The van der Waals surface area contributed by atoms with E-state index < -0.39 is 0 Å². The van der Waals surface area contributed by atoms with Crippen LogP contribution in [0.25, 0.3) is 0 Å². The molecule has 0 radical (unpaired) electrons. The maximum absolute atomic E-state index is 5.80. The van der Waals surface area contributed by atoms with Gasteiger partial charge in [0.15, 0.2) is 0 Å². The lowest BCUT2D eigenvalue weighted by atomic mass is 10.1. The van der Waals surface area contributed by atoms with Crippen LogP contribution in [0, 0.1) is 0 Å². The van der Waals surface area contributed by atoms with Gasteiger partial charge in [-0.25, -0.2) is 4.31 Å². The van der Waals surface area contributed by atoms with E-state index in [0.29, 0.717) is 12.2 Å². The Kier molecular flexibility index (Phi) is 7.08. The lowest BCUT2D eigenvalue weighted by Crippen LogP contribution is -2.41. The Hall–Kier alpha value is -0.510. The highest BCUT2D eigenvalue weighted by atomic mass is 32.2. The molecule has 3 heteroatoms. The lowest BCUT2D eigenvalue weighted by molar-refractivity contribution is -0.0414. The number of morpholine rings is 1. The van der Waals surface area contributed by atoms with Crippen LogP contribution in [-0.2, 0) is 11.2 Å². The van der Waals surface area contributed by atoms with Gasteiger partial charge in [0, 0.05) is 18.0 Å². The van der Waals surface area contributed by atoms with Crippen LogP contribution >= 0.6 is 11.9 Å². The van der Waals surface area contributed by atoms with E-state index in [9.17, 15) is 0 Å². The molecule has 0 bridgehead atoms. The summed E-state index contributed by atoms with van der Waals surface area (Å²) in [4.78, 5) is 1.37. The molecule has 1 aliphatic heterocycles. The highest BCUT2D eigenvalue weighted by Crippen LogP contribution is 2.27. The summed E-state index contributed by atoms with van der Waals surface area (Å²) in [6, 6.07) is 9.05. The molecule has 1 heterocycles. The number of nitrogens with zero attached hydrogens (tertiary/aromatic N) is 1. The Bertz CT molecular complexity index is 413. The van der Waals surface area contributed by atoms with Crippen LogP contribution in [-0.4, -0.2) is 29.6 Å². The summed E-state index contributed by atoms with van der Waals surface area (Å²) in [6.45, 7) is 8.60. The van der Waals surface area contributed by atoms with Crippen molar-refractivity contribution in [3.63, 3.8) is 0 Å². The van der Waals surface area contributed by atoms with Gasteiger partial charge >= 0.3 is 0 Å². The zero-order valence-corrected chi connectivity index (χ0v) is 14.5. The Labute approximate surface area is 134 Å². The van der Waals surface area contributed by atoms with Crippen molar-refractivity contribution in [3.05, 3.63) is 29.8 Å². The summed E-state index contributed by atoms with van der Waals surface area (Å²) in [5, 5.41) is 0. The highest BCUT2D eigenvalue weighted by Gasteiger charge is 2.22. The van der Waals surface area contributed by atoms with Gasteiger partial charge in [0.1, 0.15) is 0 Å². The molecule has 2 nitrogen and oxygen atoms in total. The van der Waals surface area contributed by atoms with Crippen molar-refractivity contribution >= 4 is 11.9 Å². The van der Waals surface area contributed by atoms with Crippen molar-refractivity contribution < 1.29 is 4.74 Å². The first-order valence-corrected chi connectivity index (χ1v) is 9.12. The van der Waals surface area contributed by atoms with Crippen molar-refractivity contribution in [2.45, 2.75) is 70.0 Å². The number of ether oxygens (including phenoxy) is 1. The third kappa shape index (κ3) is 6.01. The van der Waals surface area contributed by atoms with Crippen molar-refractivity contribution in [2.24, 2.45) is 0 Å². The molecule has 2 rings (SSSR count). The van der Waals surface area contributed by atoms with Crippen molar-refractivity contribution in [1.82, 2.24) is 4.31 Å². The van der Waals surface area contributed by atoms with E-state index in [1.807, 2.05) is 11.9 Å². The molecular weight excluding hydrogens is 278 g/mol. The number of hydrogen-bond acceptors (Lipinski definition) is 3. The number of hydrogen-bond donors (Lipinski definition) is 0. The maximum Gasteiger partial charge on any atom is 0.0687 e. The molecule has 0 spiro atoms. The van der Waals surface area contributed by atoms with Gasteiger partial charge in [-0.05, 0) is 56.3 Å². The monoisotopic (exact) mass is 307 g/mol. The number of aryl methyl sites for hydroxylation is 1. The van der Waals surface area contributed by atoms with Crippen LogP contribution in [0.15, 0.2) is 29.2 Å². The van der Waals surface area contributed by atoms with Crippen LogP contribution in [0.5, 0.6) is 0 Å². The van der Waals surface area contributed by atoms with Crippen LogP contribution in [0.4, 0.5) is 0 Å². The maximum atomic E-state index is 5.80. The van der Waals surface area contributed by atoms with Gasteiger partial charge in [0.05, 0.1) is 12.2 Å². The number of unbranched alkanes of at least 4 members (excludes halogenated alkanes) is 3. The van der Waals surface area contributed by atoms with Gasteiger partial charge in [-0.2, -0.15) is 0 Å². The molecule has 0 aliphatic carbocycles. The molecule has 0 unspecified atom stereocenters. The molecule has 1 fully saturated rings. The Morgan fingerprint density at radius 2 is 1.90 bits per heavy atom. The molecule has 118 valence electrons. The summed E-state index contributed by atoms with van der Waals surface area (Å²) in [7, 11) is 0. The first-order chi connectivity index (χ1) is 10.2. The summed E-state index contributed by atoms with van der Waals surface area (Å²) >= 11 is 1.88. The van der Waals surface area contributed by atoms with Crippen LogP contribution in [0.2, 0.25) is 0 Å². The largest absolute Gasteiger partial charge is 0.373 e. The summed E-state index contributed by atoms with van der Waals surface area (Å²) in [5.74, 6) is 0. The Morgan fingerprint density at radius 3 is 2.62 bits per heavy atom. The van der Waals surface area contributed by atoms with Crippen LogP contribution in [0.3, 0.4) is 0 Å². The summed E-state index contributed by atoms with van der Waals surface area (Å²) in [6.07, 6.45) is 7.21. The molecule has 1 saturated heterocycles. The second kappa shape index (κ2) is 8.82. The Balaban J connectivity index is 1.85. The van der Waals surface area contributed by atoms with E-state index in [1.165, 1.54) is 42.6 Å². The quantitative estimate of drug-likeness (QED) is 0.524. The molecule has 0 saturated carbocycles. The van der Waals surface area contributed by atoms with Crippen molar-refractivity contribution in [1.29, 1.82) is 0 Å². The fourth-order valence-electron chi connectivity index (χ4n) is 2.87. The topological polar surface area (TPSA) is 12.5 Å². The van der Waals surface area contributed by atoms with E-state index in [0.717, 1.165) is 13.1 Å². The minimum Gasteiger partial charge on any atom is -0.373 e. The van der Waals surface area contributed by atoms with E-state index in [1.54, 1.807) is 0 Å². The van der Waals surface area contributed by atoms with E-state index in [2.05, 4.69) is 49.3 Å². The third-order valence-corrected chi connectivity index (χ3v) is 4.86.